The summed E-state index contributed by atoms with van der Waals surface area (Å²) in [5.41, 5.74) is 0.899. The highest BCUT2D eigenvalue weighted by Crippen LogP contribution is 2.26. The zero-order valence-electron chi connectivity index (χ0n) is 12.1. The first kappa shape index (κ1) is 14.8. The van der Waals surface area contributed by atoms with E-state index in [2.05, 4.69) is 11.1 Å². The van der Waals surface area contributed by atoms with E-state index >= 15 is 0 Å². The number of nitriles is 1. The summed E-state index contributed by atoms with van der Waals surface area (Å²) < 4.78 is 0. The number of rotatable bonds is 4. The molecule has 1 N–H and O–H groups in total. The predicted octanol–water partition coefficient (Wildman–Crippen LogP) is 2.56. The Morgan fingerprint density at radius 2 is 2.19 bits per heavy atom. The number of aromatic hydroxyl groups is 1. The monoisotopic (exact) mass is 283 g/mol. The Kier molecular flexibility index (Phi) is 4.39. The summed E-state index contributed by atoms with van der Waals surface area (Å²) in [4.78, 5) is 18.4. The van der Waals surface area contributed by atoms with E-state index < -0.39 is 0 Å². The molecule has 0 aliphatic rings. The van der Waals surface area contributed by atoms with Crippen molar-refractivity contribution in [2.75, 3.05) is 13.1 Å². The van der Waals surface area contributed by atoms with Gasteiger partial charge in [-0.25, -0.2) is 0 Å². The summed E-state index contributed by atoms with van der Waals surface area (Å²) in [7, 11) is 0. The summed E-state index contributed by atoms with van der Waals surface area (Å²) in [6.07, 6.45) is 1.29. The third kappa shape index (κ3) is 2.95. The van der Waals surface area contributed by atoms with Gasteiger partial charge >= 0.3 is 0 Å². The fraction of sp³-hybridized carbons (Fsp3) is 0.312. The lowest BCUT2D eigenvalue weighted by Crippen LogP contribution is -2.34. The van der Waals surface area contributed by atoms with Crippen molar-refractivity contribution in [2.45, 2.75) is 13.8 Å². The van der Waals surface area contributed by atoms with Crippen molar-refractivity contribution in [1.29, 1.82) is 5.26 Å². The van der Waals surface area contributed by atoms with Gasteiger partial charge in [-0.15, -0.1) is 0 Å². The van der Waals surface area contributed by atoms with Crippen LogP contribution in [0.3, 0.4) is 0 Å². The van der Waals surface area contributed by atoms with Gasteiger partial charge in [0, 0.05) is 18.5 Å². The Hall–Kier alpha value is -2.61. The van der Waals surface area contributed by atoms with Gasteiger partial charge in [0.15, 0.2) is 0 Å². The molecular weight excluding hydrogens is 266 g/mol. The van der Waals surface area contributed by atoms with Crippen LogP contribution in [0.5, 0.6) is 5.75 Å². The normalized spacial score (nSPS) is 11.9. The minimum Gasteiger partial charge on any atom is -0.505 e. The van der Waals surface area contributed by atoms with Crippen molar-refractivity contribution in [2.24, 2.45) is 5.92 Å². The SMILES string of the molecule is CCN(C[C@@H](C)C#N)C(=O)c1c(O)cnc2ccccc12. The van der Waals surface area contributed by atoms with E-state index in [1.54, 1.807) is 30.0 Å². The molecule has 1 atom stereocenters. The topological polar surface area (TPSA) is 77.2 Å². The number of fused-ring (bicyclic) bond motifs is 1. The van der Waals surface area contributed by atoms with E-state index in [1.165, 1.54) is 6.20 Å². The number of amides is 1. The standard InChI is InChI=1S/C16H17N3O2/c1-3-19(10-11(2)8-17)16(21)15-12-6-4-5-7-13(12)18-9-14(15)20/h4-7,9,11,20H,3,10H2,1-2H3/t11-/m0/s1. The van der Waals surface area contributed by atoms with Crippen LogP contribution in [0.25, 0.3) is 10.9 Å². The van der Waals surface area contributed by atoms with Crippen molar-refractivity contribution in [3.05, 3.63) is 36.0 Å². The molecule has 0 aliphatic heterocycles. The average Bonchev–Trinajstić information content (AvgIpc) is 2.51. The van der Waals surface area contributed by atoms with E-state index in [4.69, 9.17) is 5.26 Å². The average molecular weight is 283 g/mol. The number of hydrogen-bond acceptors (Lipinski definition) is 4. The number of carbonyl (C=O) groups is 1. The second-order valence-electron chi connectivity index (χ2n) is 4.91. The maximum Gasteiger partial charge on any atom is 0.258 e. The van der Waals surface area contributed by atoms with E-state index in [1.807, 2.05) is 13.0 Å². The molecule has 5 nitrogen and oxygen atoms in total. The number of pyridine rings is 1. The summed E-state index contributed by atoms with van der Waals surface area (Å²) in [6.45, 7) is 4.42. The zero-order valence-corrected chi connectivity index (χ0v) is 12.1. The zero-order chi connectivity index (χ0) is 15.4. The molecule has 1 aromatic heterocycles. The minimum absolute atomic E-state index is 0.137. The molecule has 0 saturated carbocycles. The Morgan fingerprint density at radius 3 is 2.86 bits per heavy atom. The van der Waals surface area contributed by atoms with E-state index in [9.17, 15) is 9.90 Å². The fourth-order valence-electron chi connectivity index (χ4n) is 2.24. The van der Waals surface area contributed by atoms with Gasteiger partial charge in [-0.05, 0) is 19.9 Å². The van der Waals surface area contributed by atoms with E-state index in [0.29, 0.717) is 24.0 Å². The second kappa shape index (κ2) is 6.23. The Balaban J connectivity index is 2.47. The molecule has 0 unspecified atom stereocenters. The lowest BCUT2D eigenvalue weighted by molar-refractivity contribution is 0.0751. The minimum atomic E-state index is -0.282. The summed E-state index contributed by atoms with van der Waals surface area (Å²) in [5.74, 6) is -0.679. The molecule has 0 bridgehead atoms. The van der Waals surface area contributed by atoms with Crippen LogP contribution < -0.4 is 0 Å². The maximum atomic E-state index is 12.7. The molecular formula is C16H17N3O2. The van der Waals surface area contributed by atoms with Crippen molar-refractivity contribution < 1.29 is 9.90 Å². The molecule has 2 aromatic rings. The Morgan fingerprint density at radius 1 is 1.48 bits per heavy atom. The Labute approximate surface area is 123 Å². The number of para-hydroxylation sites is 1. The van der Waals surface area contributed by atoms with Crippen LogP contribution in [0.2, 0.25) is 0 Å². The molecule has 0 radical (unpaired) electrons. The summed E-state index contributed by atoms with van der Waals surface area (Å²) >= 11 is 0. The van der Waals surface area contributed by atoms with Crippen LogP contribution in [0, 0.1) is 17.2 Å². The fourth-order valence-corrected chi connectivity index (χ4v) is 2.24. The van der Waals surface area contributed by atoms with Crippen LogP contribution in [0.4, 0.5) is 0 Å². The van der Waals surface area contributed by atoms with Gasteiger partial charge in [-0.2, -0.15) is 5.26 Å². The second-order valence-corrected chi connectivity index (χ2v) is 4.91. The molecule has 5 heteroatoms. The molecule has 0 spiro atoms. The molecule has 0 saturated heterocycles. The number of benzene rings is 1. The van der Waals surface area contributed by atoms with E-state index in [-0.39, 0.29) is 23.1 Å². The summed E-state index contributed by atoms with van der Waals surface area (Å²) in [6, 6.07) is 9.30. The van der Waals surface area contributed by atoms with Gasteiger partial charge in [0.2, 0.25) is 0 Å². The highest BCUT2D eigenvalue weighted by atomic mass is 16.3. The van der Waals surface area contributed by atoms with Crippen molar-refractivity contribution >= 4 is 16.8 Å². The lowest BCUT2D eigenvalue weighted by Gasteiger charge is -2.23. The predicted molar refractivity (Wildman–Crippen MR) is 79.8 cm³/mol. The largest absolute Gasteiger partial charge is 0.505 e. The Bertz CT molecular complexity index is 706. The third-order valence-corrected chi connectivity index (χ3v) is 3.35. The quantitative estimate of drug-likeness (QED) is 0.935. The molecule has 2 rings (SSSR count). The molecule has 0 fully saturated rings. The highest BCUT2D eigenvalue weighted by molar-refractivity contribution is 6.08. The molecule has 0 aliphatic carbocycles. The maximum absolute atomic E-state index is 12.7. The molecule has 1 amide bonds. The van der Waals surface area contributed by atoms with Crippen molar-refractivity contribution in [1.82, 2.24) is 9.88 Å². The van der Waals surface area contributed by atoms with Crippen LogP contribution in [-0.2, 0) is 0 Å². The van der Waals surface area contributed by atoms with Gasteiger partial charge in [0.05, 0.1) is 29.3 Å². The van der Waals surface area contributed by atoms with Crippen molar-refractivity contribution in [3.8, 4) is 11.8 Å². The molecule has 108 valence electrons. The smallest absolute Gasteiger partial charge is 0.258 e. The summed E-state index contributed by atoms with van der Waals surface area (Å²) in [5, 5.41) is 19.6. The number of nitrogens with zero attached hydrogens (tertiary/aromatic N) is 3. The number of hydrogen-bond donors (Lipinski definition) is 1. The van der Waals surface area contributed by atoms with Crippen LogP contribution >= 0.6 is 0 Å². The van der Waals surface area contributed by atoms with Gasteiger partial charge in [0.25, 0.3) is 5.91 Å². The third-order valence-electron chi connectivity index (χ3n) is 3.35. The van der Waals surface area contributed by atoms with Crippen LogP contribution in [0.1, 0.15) is 24.2 Å². The van der Waals surface area contributed by atoms with Gasteiger partial charge < -0.3 is 10.0 Å². The van der Waals surface area contributed by atoms with Gasteiger partial charge in [0.1, 0.15) is 5.75 Å². The first-order valence-corrected chi connectivity index (χ1v) is 6.84. The molecule has 1 aromatic carbocycles. The highest BCUT2D eigenvalue weighted by Gasteiger charge is 2.22. The van der Waals surface area contributed by atoms with Crippen LogP contribution in [0.15, 0.2) is 30.5 Å². The first-order valence-electron chi connectivity index (χ1n) is 6.84. The van der Waals surface area contributed by atoms with Crippen LogP contribution in [-0.4, -0.2) is 34.0 Å². The first-order chi connectivity index (χ1) is 10.1. The van der Waals surface area contributed by atoms with E-state index in [0.717, 1.165) is 0 Å². The van der Waals surface area contributed by atoms with Gasteiger partial charge in [-0.3, -0.25) is 9.78 Å². The molecule has 21 heavy (non-hydrogen) atoms. The van der Waals surface area contributed by atoms with Crippen molar-refractivity contribution in [3.63, 3.8) is 0 Å². The number of aromatic nitrogens is 1. The number of carbonyl (C=O) groups excluding carboxylic acids is 1. The van der Waals surface area contributed by atoms with Gasteiger partial charge in [-0.1, -0.05) is 18.2 Å². The molecule has 1 heterocycles. The lowest BCUT2D eigenvalue weighted by atomic mass is 10.1.